The minimum absolute atomic E-state index is 0.414. The Morgan fingerprint density at radius 2 is 1.69 bits per heavy atom. The van der Waals surface area contributed by atoms with Crippen molar-refractivity contribution >= 4 is 0 Å². The Bertz CT molecular complexity index is 311. The van der Waals surface area contributed by atoms with Crippen LogP contribution in [0.4, 0.5) is 8.78 Å². The third kappa shape index (κ3) is 1.44. The highest BCUT2D eigenvalue weighted by Gasteiger charge is 2.45. The quantitative estimate of drug-likeness (QED) is 0.686. The Morgan fingerprint density at radius 3 is 2.08 bits per heavy atom. The highest BCUT2D eigenvalue weighted by atomic mass is 19.1. The first kappa shape index (κ1) is 8.63. The zero-order chi connectivity index (χ0) is 9.47. The fourth-order valence-corrected chi connectivity index (χ4v) is 1.54. The topological polar surface area (TPSA) is 9.23 Å². The maximum atomic E-state index is 12.8. The summed E-state index contributed by atoms with van der Waals surface area (Å²) in [5, 5.41) is 0. The van der Waals surface area contributed by atoms with Crippen LogP contribution in [-0.2, 0) is 10.3 Å². The average Bonchev–Trinajstić information content (AvgIpc) is 2.82. The van der Waals surface area contributed by atoms with E-state index in [0.717, 1.165) is 18.9 Å². The number of ether oxygens (including phenoxy) is 1. The van der Waals surface area contributed by atoms with Gasteiger partial charge >= 0.3 is 0 Å². The van der Waals surface area contributed by atoms with Gasteiger partial charge in [0, 0.05) is 13.2 Å². The summed E-state index contributed by atoms with van der Waals surface area (Å²) in [6.07, 6.45) is 1.68. The van der Waals surface area contributed by atoms with E-state index in [0.29, 0.717) is 5.56 Å². The van der Waals surface area contributed by atoms with E-state index in [1.54, 1.807) is 7.11 Å². The molecular formula is C10H10F2O. The largest absolute Gasteiger partial charge is 0.374 e. The SMILES string of the molecule is COC1(c2cc(F)cc(F)c2)CC1. The minimum Gasteiger partial charge on any atom is -0.374 e. The fraction of sp³-hybridized carbons (Fsp3) is 0.400. The third-order valence-corrected chi connectivity index (χ3v) is 2.48. The molecule has 0 aromatic heterocycles. The van der Waals surface area contributed by atoms with Crippen molar-refractivity contribution < 1.29 is 13.5 Å². The van der Waals surface area contributed by atoms with Crippen LogP contribution in [-0.4, -0.2) is 7.11 Å². The predicted molar refractivity (Wildman–Crippen MR) is 44.3 cm³/mol. The van der Waals surface area contributed by atoms with Crippen LogP contribution in [0, 0.1) is 11.6 Å². The van der Waals surface area contributed by atoms with E-state index in [1.807, 2.05) is 0 Å². The Balaban J connectivity index is 2.40. The van der Waals surface area contributed by atoms with Crippen molar-refractivity contribution in [2.75, 3.05) is 7.11 Å². The van der Waals surface area contributed by atoms with Crippen LogP contribution in [0.3, 0.4) is 0 Å². The van der Waals surface area contributed by atoms with Gasteiger partial charge in [0.1, 0.15) is 11.6 Å². The van der Waals surface area contributed by atoms with E-state index in [-0.39, 0.29) is 0 Å². The molecule has 1 aromatic rings. The van der Waals surface area contributed by atoms with Crippen LogP contribution >= 0.6 is 0 Å². The molecule has 1 fully saturated rings. The molecule has 1 saturated carbocycles. The first-order valence-electron chi connectivity index (χ1n) is 4.18. The van der Waals surface area contributed by atoms with Crippen molar-refractivity contribution in [3.05, 3.63) is 35.4 Å². The van der Waals surface area contributed by atoms with Crippen LogP contribution < -0.4 is 0 Å². The summed E-state index contributed by atoms with van der Waals surface area (Å²) in [6, 6.07) is 3.54. The van der Waals surface area contributed by atoms with Crippen molar-refractivity contribution in [3.8, 4) is 0 Å². The second-order valence-electron chi connectivity index (χ2n) is 3.36. The summed E-state index contributed by atoms with van der Waals surface area (Å²) < 4.78 is 30.9. The lowest BCUT2D eigenvalue weighted by Gasteiger charge is -2.13. The second kappa shape index (κ2) is 2.77. The number of hydrogen-bond donors (Lipinski definition) is 0. The standard InChI is InChI=1S/C10H10F2O/c1-13-10(2-3-10)7-4-8(11)6-9(12)5-7/h4-6H,2-3H2,1H3. The van der Waals surface area contributed by atoms with Crippen LogP contribution in [0.2, 0.25) is 0 Å². The van der Waals surface area contributed by atoms with E-state index in [9.17, 15) is 8.78 Å². The zero-order valence-corrected chi connectivity index (χ0v) is 7.31. The fourth-order valence-electron chi connectivity index (χ4n) is 1.54. The van der Waals surface area contributed by atoms with Crippen molar-refractivity contribution in [1.29, 1.82) is 0 Å². The van der Waals surface area contributed by atoms with E-state index < -0.39 is 17.2 Å². The lowest BCUT2D eigenvalue weighted by atomic mass is 10.1. The third-order valence-electron chi connectivity index (χ3n) is 2.48. The van der Waals surface area contributed by atoms with Gasteiger partial charge < -0.3 is 4.74 Å². The lowest BCUT2D eigenvalue weighted by Crippen LogP contribution is -2.09. The van der Waals surface area contributed by atoms with Crippen LogP contribution in [0.5, 0.6) is 0 Å². The highest BCUT2D eigenvalue weighted by molar-refractivity contribution is 5.29. The van der Waals surface area contributed by atoms with Gasteiger partial charge in [0.15, 0.2) is 0 Å². The second-order valence-corrected chi connectivity index (χ2v) is 3.36. The average molecular weight is 184 g/mol. The van der Waals surface area contributed by atoms with E-state index in [4.69, 9.17) is 4.74 Å². The molecule has 1 aliphatic carbocycles. The number of benzene rings is 1. The van der Waals surface area contributed by atoms with Gasteiger partial charge in [0.2, 0.25) is 0 Å². The molecule has 0 saturated heterocycles. The summed E-state index contributed by atoms with van der Waals surface area (Å²) in [7, 11) is 1.57. The van der Waals surface area contributed by atoms with Gasteiger partial charge in [-0.1, -0.05) is 0 Å². The van der Waals surface area contributed by atoms with Gasteiger partial charge in [0.05, 0.1) is 5.60 Å². The van der Waals surface area contributed by atoms with Gasteiger partial charge in [-0.2, -0.15) is 0 Å². The van der Waals surface area contributed by atoms with Crippen molar-refractivity contribution in [3.63, 3.8) is 0 Å². The first-order chi connectivity index (χ1) is 6.16. The molecule has 0 heterocycles. The number of hydrogen-bond acceptors (Lipinski definition) is 1. The summed E-state index contributed by atoms with van der Waals surface area (Å²) in [4.78, 5) is 0. The molecule has 0 spiro atoms. The maximum Gasteiger partial charge on any atom is 0.126 e. The van der Waals surface area contributed by atoms with Gasteiger partial charge in [-0.25, -0.2) is 8.78 Å². The van der Waals surface area contributed by atoms with Crippen molar-refractivity contribution in [1.82, 2.24) is 0 Å². The van der Waals surface area contributed by atoms with Gasteiger partial charge in [-0.15, -0.1) is 0 Å². The summed E-state index contributed by atoms with van der Waals surface area (Å²) in [5.41, 5.74) is 0.190. The predicted octanol–water partition coefficient (Wildman–Crippen LogP) is 2.60. The van der Waals surface area contributed by atoms with Crippen molar-refractivity contribution in [2.24, 2.45) is 0 Å². The van der Waals surface area contributed by atoms with Gasteiger partial charge in [0.25, 0.3) is 0 Å². The molecule has 0 bridgehead atoms. The molecule has 2 rings (SSSR count). The summed E-state index contributed by atoms with van der Waals surface area (Å²) in [6.45, 7) is 0. The van der Waals surface area contributed by atoms with Gasteiger partial charge in [-0.05, 0) is 30.5 Å². The normalized spacial score (nSPS) is 18.7. The Hall–Kier alpha value is -0.960. The Morgan fingerprint density at radius 1 is 1.15 bits per heavy atom. The Labute approximate surface area is 75.3 Å². The lowest BCUT2D eigenvalue weighted by molar-refractivity contribution is 0.0783. The maximum absolute atomic E-state index is 12.8. The number of methoxy groups -OCH3 is 1. The smallest absolute Gasteiger partial charge is 0.126 e. The number of halogens is 2. The van der Waals surface area contributed by atoms with Crippen molar-refractivity contribution in [2.45, 2.75) is 18.4 Å². The molecule has 1 nitrogen and oxygen atoms in total. The van der Waals surface area contributed by atoms with Crippen LogP contribution in [0.25, 0.3) is 0 Å². The van der Waals surface area contributed by atoms with Crippen LogP contribution in [0.1, 0.15) is 18.4 Å². The molecule has 0 radical (unpaired) electrons. The molecule has 0 N–H and O–H groups in total. The monoisotopic (exact) mass is 184 g/mol. The molecule has 1 aliphatic rings. The van der Waals surface area contributed by atoms with E-state index >= 15 is 0 Å². The first-order valence-corrected chi connectivity index (χ1v) is 4.18. The van der Waals surface area contributed by atoms with E-state index in [1.165, 1.54) is 12.1 Å². The molecule has 0 amide bonds. The summed E-state index contributed by atoms with van der Waals surface area (Å²) >= 11 is 0. The van der Waals surface area contributed by atoms with Crippen LogP contribution in [0.15, 0.2) is 18.2 Å². The molecule has 3 heteroatoms. The molecule has 70 valence electrons. The minimum atomic E-state index is -0.543. The molecule has 0 atom stereocenters. The molecular weight excluding hydrogens is 174 g/mol. The molecule has 0 unspecified atom stereocenters. The summed E-state index contributed by atoms with van der Waals surface area (Å²) in [5.74, 6) is -1.09. The highest BCUT2D eigenvalue weighted by Crippen LogP contribution is 2.48. The number of rotatable bonds is 2. The molecule has 13 heavy (non-hydrogen) atoms. The Kier molecular flexibility index (Phi) is 1.84. The van der Waals surface area contributed by atoms with Gasteiger partial charge in [-0.3, -0.25) is 0 Å². The zero-order valence-electron chi connectivity index (χ0n) is 7.31. The molecule has 1 aromatic carbocycles. The van der Waals surface area contributed by atoms with E-state index in [2.05, 4.69) is 0 Å². The molecule has 0 aliphatic heterocycles.